The second-order valence-corrected chi connectivity index (χ2v) is 4.52. The van der Waals surface area contributed by atoms with E-state index in [-0.39, 0.29) is 0 Å². The number of rotatable bonds is 2. The molecular formula is C13H12N2O4. The lowest BCUT2D eigenvalue weighted by atomic mass is 9.99. The van der Waals surface area contributed by atoms with Crippen LogP contribution in [0.1, 0.15) is 12.7 Å². The van der Waals surface area contributed by atoms with Crippen molar-refractivity contribution in [2.24, 2.45) is 0 Å². The molecule has 1 fully saturated rings. The molecule has 3 amide bonds. The molecule has 1 atom stereocenters. The highest BCUT2D eigenvalue weighted by molar-refractivity contribution is 6.07. The smallest absolute Gasteiger partial charge is 0.322 e. The van der Waals surface area contributed by atoms with Crippen LogP contribution in [-0.2, 0) is 10.3 Å². The first-order chi connectivity index (χ1) is 9.04. The summed E-state index contributed by atoms with van der Waals surface area (Å²) >= 11 is 0. The van der Waals surface area contributed by atoms with Crippen molar-refractivity contribution in [2.75, 3.05) is 7.11 Å². The van der Waals surface area contributed by atoms with E-state index in [1.165, 1.54) is 0 Å². The summed E-state index contributed by atoms with van der Waals surface area (Å²) in [6, 6.07) is 6.65. The third-order valence-electron chi connectivity index (χ3n) is 3.27. The SMILES string of the molecule is COc1cccc2cc(C3(C)NC(=O)NC3=O)oc12. The molecule has 0 saturated carbocycles. The number of imide groups is 1. The van der Waals surface area contributed by atoms with Crippen molar-refractivity contribution in [3.8, 4) is 5.75 Å². The van der Waals surface area contributed by atoms with E-state index >= 15 is 0 Å². The number of benzene rings is 1. The van der Waals surface area contributed by atoms with E-state index in [1.807, 2.05) is 12.1 Å². The molecule has 1 aromatic heterocycles. The molecule has 1 aliphatic heterocycles. The zero-order valence-corrected chi connectivity index (χ0v) is 10.4. The normalized spacial score (nSPS) is 22.4. The molecule has 2 heterocycles. The summed E-state index contributed by atoms with van der Waals surface area (Å²) in [5, 5.41) is 5.57. The number of carbonyl (C=O) groups is 2. The molecule has 0 aliphatic carbocycles. The van der Waals surface area contributed by atoms with Gasteiger partial charge in [0.2, 0.25) is 0 Å². The van der Waals surface area contributed by atoms with Gasteiger partial charge in [0.1, 0.15) is 5.76 Å². The van der Waals surface area contributed by atoms with Gasteiger partial charge >= 0.3 is 6.03 Å². The summed E-state index contributed by atoms with van der Waals surface area (Å²) < 4.78 is 10.9. The summed E-state index contributed by atoms with van der Waals surface area (Å²) in [6.07, 6.45) is 0. The van der Waals surface area contributed by atoms with Crippen molar-refractivity contribution in [3.63, 3.8) is 0 Å². The van der Waals surface area contributed by atoms with E-state index in [4.69, 9.17) is 9.15 Å². The van der Waals surface area contributed by atoms with Gasteiger partial charge in [0, 0.05) is 5.39 Å². The van der Waals surface area contributed by atoms with Crippen molar-refractivity contribution in [3.05, 3.63) is 30.0 Å². The molecule has 0 bridgehead atoms. The molecule has 1 aromatic carbocycles. The van der Waals surface area contributed by atoms with E-state index in [0.29, 0.717) is 17.1 Å². The molecule has 6 heteroatoms. The lowest BCUT2D eigenvalue weighted by molar-refractivity contribution is -0.124. The molecule has 1 saturated heterocycles. The summed E-state index contributed by atoms with van der Waals surface area (Å²) in [5.74, 6) is 0.517. The number of hydrogen-bond donors (Lipinski definition) is 2. The number of ether oxygens (including phenoxy) is 1. The number of furan rings is 1. The largest absolute Gasteiger partial charge is 0.493 e. The molecule has 0 spiro atoms. The van der Waals surface area contributed by atoms with E-state index in [0.717, 1.165) is 5.39 Å². The minimum atomic E-state index is -1.19. The molecule has 2 N–H and O–H groups in total. The molecule has 6 nitrogen and oxygen atoms in total. The maximum atomic E-state index is 11.9. The maximum Gasteiger partial charge on any atom is 0.322 e. The average Bonchev–Trinajstić information content (AvgIpc) is 2.91. The second kappa shape index (κ2) is 3.74. The van der Waals surface area contributed by atoms with Crippen LogP contribution >= 0.6 is 0 Å². The van der Waals surface area contributed by atoms with Gasteiger partial charge in [-0.2, -0.15) is 0 Å². The molecule has 0 radical (unpaired) electrons. The van der Waals surface area contributed by atoms with Gasteiger partial charge in [-0.3, -0.25) is 10.1 Å². The number of amides is 3. The number of carbonyl (C=O) groups excluding carboxylic acids is 2. The Morgan fingerprint density at radius 3 is 2.74 bits per heavy atom. The summed E-state index contributed by atoms with van der Waals surface area (Å²) in [7, 11) is 1.54. The molecule has 98 valence electrons. The Hall–Kier alpha value is -2.50. The van der Waals surface area contributed by atoms with Crippen LogP contribution in [0.15, 0.2) is 28.7 Å². The van der Waals surface area contributed by atoms with Crippen LogP contribution in [-0.4, -0.2) is 19.0 Å². The van der Waals surface area contributed by atoms with Gasteiger partial charge in [-0.15, -0.1) is 0 Å². The van der Waals surface area contributed by atoms with Crippen molar-refractivity contribution >= 4 is 22.9 Å². The Balaban J connectivity index is 2.16. The Kier molecular flexibility index (Phi) is 2.28. The molecule has 1 unspecified atom stereocenters. The van der Waals surface area contributed by atoms with E-state index in [1.54, 1.807) is 26.2 Å². The fourth-order valence-electron chi connectivity index (χ4n) is 2.16. The highest BCUT2D eigenvalue weighted by atomic mass is 16.5. The zero-order valence-electron chi connectivity index (χ0n) is 10.4. The number of nitrogens with one attached hydrogen (secondary N) is 2. The third kappa shape index (κ3) is 1.56. The van der Waals surface area contributed by atoms with Crippen molar-refractivity contribution in [1.82, 2.24) is 10.6 Å². The highest BCUT2D eigenvalue weighted by Crippen LogP contribution is 2.34. The van der Waals surface area contributed by atoms with Gasteiger partial charge in [0.15, 0.2) is 16.9 Å². The van der Waals surface area contributed by atoms with Crippen molar-refractivity contribution < 1.29 is 18.7 Å². The number of methoxy groups -OCH3 is 1. The molecule has 19 heavy (non-hydrogen) atoms. The Labute approximate surface area is 108 Å². The minimum Gasteiger partial charge on any atom is -0.493 e. The molecule has 1 aliphatic rings. The van der Waals surface area contributed by atoms with Crippen LogP contribution in [0.3, 0.4) is 0 Å². The zero-order chi connectivity index (χ0) is 13.6. The van der Waals surface area contributed by atoms with Crippen LogP contribution in [0, 0.1) is 0 Å². The lowest BCUT2D eigenvalue weighted by Gasteiger charge is -2.16. The standard InChI is InChI=1S/C13H12N2O4/c1-13(11(16)14-12(17)15-13)9-6-7-4-3-5-8(18-2)10(7)19-9/h3-6H,1-2H3,(H2,14,15,16,17). The fraction of sp³-hybridized carbons (Fsp3) is 0.231. The second-order valence-electron chi connectivity index (χ2n) is 4.52. The topological polar surface area (TPSA) is 80.6 Å². The van der Waals surface area contributed by atoms with Gasteiger partial charge in [-0.05, 0) is 19.1 Å². The predicted octanol–water partition coefficient (Wildman–Crippen LogP) is 1.50. The Bertz CT molecular complexity index is 691. The first-order valence-corrected chi connectivity index (χ1v) is 5.75. The monoisotopic (exact) mass is 260 g/mol. The third-order valence-corrected chi connectivity index (χ3v) is 3.27. The van der Waals surface area contributed by atoms with Crippen LogP contribution in [0.4, 0.5) is 4.79 Å². The van der Waals surface area contributed by atoms with Crippen LogP contribution in [0.2, 0.25) is 0 Å². The summed E-state index contributed by atoms with van der Waals surface area (Å²) in [5.41, 5.74) is -0.642. The molecule has 3 rings (SSSR count). The summed E-state index contributed by atoms with van der Waals surface area (Å²) in [6.45, 7) is 1.59. The number of para-hydroxylation sites is 1. The number of urea groups is 1. The van der Waals surface area contributed by atoms with Gasteiger partial charge in [-0.25, -0.2) is 4.79 Å². The lowest BCUT2D eigenvalue weighted by Crippen LogP contribution is -2.40. The summed E-state index contributed by atoms with van der Waals surface area (Å²) in [4.78, 5) is 23.1. The first kappa shape index (κ1) is 11.6. The number of fused-ring (bicyclic) bond motifs is 1. The Morgan fingerprint density at radius 2 is 2.11 bits per heavy atom. The van der Waals surface area contributed by atoms with E-state index in [9.17, 15) is 9.59 Å². The fourth-order valence-corrected chi connectivity index (χ4v) is 2.16. The highest BCUT2D eigenvalue weighted by Gasteiger charge is 2.46. The van der Waals surface area contributed by atoms with Crippen LogP contribution in [0.25, 0.3) is 11.0 Å². The van der Waals surface area contributed by atoms with Gasteiger partial charge in [-0.1, -0.05) is 12.1 Å². The maximum absolute atomic E-state index is 11.9. The minimum absolute atomic E-state index is 0.371. The van der Waals surface area contributed by atoms with Crippen LogP contribution < -0.4 is 15.4 Å². The molecular weight excluding hydrogens is 248 g/mol. The van der Waals surface area contributed by atoms with Gasteiger partial charge in [0.05, 0.1) is 7.11 Å². The Morgan fingerprint density at radius 1 is 1.32 bits per heavy atom. The average molecular weight is 260 g/mol. The van der Waals surface area contributed by atoms with Crippen molar-refractivity contribution in [1.29, 1.82) is 0 Å². The van der Waals surface area contributed by atoms with E-state index in [2.05, 4.69) is 10.6 Å². The quantitative estimate of drug-likeness (QED) is 0.802. The first-order valence-electron chi connectivity index (χ1n) is 5.75. The van der Waals surface area contributed by atoms with Gasteiger partial charge in [0.25, 0.3) is 5.91 Å². The van der Waals surface area contributed by atoms with Crippen LogP contribution in [0.5, 0.6) is 5.75 Å². The van der Waals surface area contributed by atoms with E-state index < -0.39 is 17.5 Å². The van der Waals surface area contributed by atoms with Crippen molar-refractivity contribution in [2.45, 2.75) is 12.5 Å². The van der Waals surface area contributed by atoms with Gasteiger partial charge < -0.3 is 14.5 Å². The predicted molar refractivity (Wildman–Crippen MR) is 66.8 cm³/mol. The molecule has 2 aromatic rings. The number of hydrogen-bond acceptors (Lipinski definition) is 4.